The van der Waals surface area contributed by atoms with Crippen LogP contribution in [0.4, 0.5) is 0 Å². The number of hydrogen-bond donors (Lipinski definition) is 4. The molecule has 5 heteroatoms. The van der Waals surface area contributed by atoms with E-state index in [1.54, 1.807) is 12.1 Å². The molecule has 1 aromatic heterocycles. The molecule has 0 spiro atoms. The Morgan fingerprint density at radius 2 is 1.91 bits per heavy atom. The fourth-order valence-electron chi connectivity index (χ4n) is 2.63. The van der Waals surface area contributed by atoms with Crippen LogP contribution in [-0.4, -0.2) is 21.1 Å². The quantitative estimate of drug-likeness (QED) is 0.561. The van der Waals surface area contributed by atoms with Crippen LogP contribution in [-0.2, 0) is 6.54 Å². The Morgan fingerprint density at radius 3 is 2.65 bits per heavy atom. The predicted octanol–water partition coefficient (Wildman–Crippen LogP) is 3.13. The largest absolute Gasteiger partial charge is 0.504 e. The number of phenolic OH excluding ortho intramolecular Hbond substituents is 2. The van der Waals surface area contributed by atoms with Gasteiger partial charge in [-0.05, 0) is 43.2 Å². The summed E-state index contributed by atoms with van der Waals surface area (Å²) in [7, 11) is 0. The molecular formula is C18H18N2O3. The van der Waals surface area contributed by atoms with Gasteiger partial charge in [-0.15, -0.1) is 0 Å². The maximum atomic E-state index is 12.5. The van der Waals surface area contributed by atoms with Gasteiger partial charge in [0.15, 0.2) is 11.5 Å². The van der Waals surface area contributed by atoms with Gasteiger partial charge in [0.2, 0.25) is 0 Å². The zero-order chi connectivity index (χ0) is 16.6. The zero-order valence-electron chi connectivity index (χ0n) is 13.0. The van der Waals surface area contributed by atoms with Gasteiger partial charge in [0.05, 0.1) is 11.1 Å². The number of fused-ring (bicyclic) bond motifs is 1. The summed E-state index contributed by atoms with van der Waals surface area (Å²) in [4.78, 5) is 15.7. The van der Waals surface area contributed by atoms with Crippen LogP contribution in [0.2, 0.25) is 0 Å². The number of hydrogen-bond acceptors (Lipinski definition) is 3. The topological polar surface area (TPSA) is 85.4 Å². The average molecular weight is 310 g/mol. The highest BCUT2D eigenvalue weighted by Crippen LogP contribution is 2.26. The maximum Gasteiger partial charge on any atom is 0.253 e. The fourth-order valence-corrected chi connectivity index (χ4v) is 2.63. The lowest BCUT2D eigenvalue weighted by molar-refractivity contribution is 0.0952. The first-order valence-corrected chi connectivity index (χ1v) is 7.34. The van der Waals surface area contributed by atoms with Crippen molar-refractivity contribution in [3.63, 3.8) is 0 Å². The van der Waals surface area contributed by atoms with E-state index in [1.807, 2.05) is 26.0 Å². The first-order valence-electron chi connectivity index (χ1n) is 7.34. The van der Waals surface area contributed by atoms with Crippen molar-refractivity contribution >= 4 is 16.8 Å². The number of phenols is 2. The molecule has 3 aromatic rings. The summed E-state index contributed by atoms with van der Waals surface area (Å²) in [5, 5.41) is 22.7. The number of H-pyrrole nitrogens is 1. The summed E-state index contributed by atoms with van der Waals surface area (Å²) in [6.07, 6.45) is 0. The molecule has 1 heterocycles. The number of aryl methyl sites for hydroxylation is 2. The summed E-state index contributed by atoms with van der Waals surface area (Å²) in [5.74, 6) is -0.568. The molecule has 0 fully saturated rings. The Hall–Kier alpha value is -2.95. The zero-order valence-corrected chi connectivity index (χ0v) is 13.0. The third-order valence-electron chi connectivity index (χ3n) is 4.08. The van der Waals surface area contributed by atoms with Gasteiger partial charge in [0.1, 0.15) is 0 Å². The number of para-hydroxylation sites is 1. The van der Waals surface area contributed by atoms with Crippen LogP contribution >= 0.6 is 0 Å². The first-order chi connectivity index (χ1) is 11.0. The standard InChI is InChI=1S/C18H18N2O3/c1-10-11(2)20-17-13(10)4-3-5-14(17)18(23)19-9-12-6-7-15(21)16(22)8-12/h3-8,20-22H,9H2,1-2H3,(H,19,23). The van der Waals surface area contributed by atoms with Gasteiger partial charge in [0, 0.05) is 17.6 Å². The Balaban J connectivity index is 1.83. The summed E-state index contributed by atoms with van der Waals surface area (Å²) in [6, 6.07) is 10.1. The molecule has 0 saturated carbocycles. The summed E-state index contributed by atoms with van der Waals surface area (Å²) < 4.78 is 0. The summed E-state index contributed by atoms with van der Waals surface area (Å²) >= 11 is 0. The number of aromatic hydroxyl groups is 2. The Labute approximate surface area is 133 Å². The third-order valence-corrected chi connectivity index (χ3v) is 4.08. The monoisotopic (exact) mass is 310 g/mol. The van der Waals surface area contributed by atoms with E-state index in [9.17, 15) is 15.0 Å². The van der Waals surface area contributed by atoms with Gasteiger partial charge in [-0.3, -0.25) is 4.79 Å². The van der Waals surface area contributed by atoms with Crippen molar-refractivity contribution < 1.29 is 15.0 Å². The van der Waals surface area contributed by atoms with Crippen LogP contribution < -0.4 is 5.32 Å². The maximum absolute atomic E-state index is 12.5. The van der Waals surface area contributed by atoms with Crippen molar-refractivity contribution in [2.24, 2.45) is 0 Å². The third kappa shape index (κ3) is 2.73. The second-order valence-electron chi connectivity index (χ2n) is 5.61. The summed E-state index contributed by atoms with van der Waals surface area (Å²) in [6.45, 7) is 4.27. The molecule has 0 saturated heterocycles. The van der Waals surface area contributed by atoms with E-state index in [2.05, 4.69) is 10.3 Å². The second-order valence-corrected chi connectivity index (χ2v) is 5.61. The number of aromatic amines is 1. The average Bonchev–Trinajstić information content (AvgIpc) is 2.83. The van der Waals surface area contributed by atoms with Crippen LogP contribution in [0.3, 0.4) is 0 Å². The van der Waals surface area contributed by atoms with Crippen molar-refractivity contribution in [1.29, 1.82) is 0 Å². The van der Waals surface area contributed by atoms with E-state index >= 15 is 0 Å². The molecule has 0 bridgehead atoms. The molecule has 1 amide bonds. The predicted molar refractivity (Wildman–Crippen MR) is 88.7 cm³/mol. The van der Waals surface area contributed by atoms with E-state index < -0.39 is 0 Å². The number of amides is 1. The molecule has 0 radical (unpaired) electrons. The highest BCUT2D eigenvalue weighted by molar-refractivity contribution is 6.06. The van der Waals surface area contributed by atoms with Crippen molar-refractivity contribution in [2.45, 2.75) is 20.4 Å². The number of aromatic nitrogens is 1. The smallest absolute Gasteiger partial charge is 0.253 e. The fraction of sp³-hybridized carbons (Fsp3) is 0.167. The lowest BCUT2D eigenvalue weighted by atomic mass is 10.1. The van der Waals surface area contributed by atoms with Crippen molar-refractivity contribution in [2.75, 3.05) is 0 Å². The van der Waals surface area contributed by atoms with Gasteiger partial charge < -0.3 is 20.5 Å². The van der Waals surface area contributed by atoms with Crippen LogP contribution in [0.5, 0.6) is 11.5 Å². The van der Waals surface area contributed by atoms with Crippen LogP contribution in [0.1, 0.15) is 27.2 Å². The molecule has 4 N–H and O–H groups in total. The highest BCUT2D eigenvalue weighted by Gasteiger charge is 2.13. The Bertz CT molecular complexity index is 897. The van der Waals surface area contributed by atoms with Gasteiger partial charge >= 0.3 is 0 Å². The lowest BCUT2D eigenvalue weighted by Crippen LogP contribution is -2.23. The minimum absolute atomic E-state index is 0.179. The van der Waals surface area contributed by atoms with Crippen molar-refractivity contribution in [1.82, 2.24) is 10.3 Å². The molecule has 0 aliphatic heterocycles. The highest BCUT2D eigenvalue weighted by atomic mass is 16.3. The number of benzene rings is 2. The molecule has 5 nitrogen and oxygen atoms in total. The molecular weight excluding hydrogens is 292 g/mol. The van der Waals surface area contributed by atoms with Crippen molar-refractivity contribution in [3.8, 4) is 11.5 Å². The molecule has 0 aliphatic rings. The minimum Gasteiger partial charge on any atom is -0.504 e. The van der Waals surface area contributed by atoms with E-state index in [-0.39, 0.29) is 24.0 Å². The molecule has 3 rings (SSSR count). The van der Waals surface area contributed by atoms with E-state index in [0.717, 1.165) is 22.2 Å². The number of carbonyl (C=O) groups excluding carboxylic acids is 1. The lowest BCUT2D eigenvalue weighted by Gasteiger charge is -2.07. The molecule has 118 valence electrons. The van der Waals surface area contributed by atoms with Crippen LogP contribution in [0.25, 0.3) is 10.9 Å². The SMILES string of the molecule is Cc1[nH]c2c(C(=O)NCc3ccc(O)c(O)c3)cccc2c1C. The molecule has 23 heavy (non-hydrogen) atoms. The first kappa shape index (κ1) is 15.0. The van der Waals surface area contributed by atoms with Gasteiger partial charge in [0.25, 0.3) is 5.91 Å². The second kappa shape index (κ2) is 5.68. The summed E-state index contributed by atoms with van der Waals surface area (Å²) in [5.41, 5.74) is 4.30. The number of rotatable bonds is 3. The van der Waals surface area contributed by atoms with Crippen LogP contribution in [0.15, 0.2) is 36.4 Å². The number of nitrogens with one attached hydrogen (secondary N) is 2. The molecule has 2 aromatic carbocycles. The van der Waals surface area contributed by atoms with E-state index in [4.69, 9.17) is 0 Å². The van der Waals surface area contributed by atoms with Crippen molar-refractivity contribution in [3.05, 3.63) is 58.8 Å². The van der Waals surface area contributed by atoms with Crippen LogP contribution in [0, 0.1) is 13.8 Å². The van der Waals surface area contributed by atoms with Gasteiger partial charge in [-0.2, -0.15) is 0 Å². The van der Waals surface area contributed by atoms with Gasteiger partial charge in [-0.25, -0.2) is 0 Å². The Kier molecular flexibility index (Phi) is 3.70. The minimum atomic E-state index is -0.200. The van der Waals surface area contributed by atoms with Gasteiger partial charge in [-0.1, -0.05) is 18.2 Å². The molecule has 0 aliphatic carbocycles. The molecule has 0 atom stereocenters. The van der Waals surface area contributed by atoms with E-state index in [0.29, 0.717) is 11.1 Å². The van der Waals surface area contributed by atoms with E-state index in [1.165, 1.54) is 12.1 Å². The number of carbonyl (C=O) groups is 1. The Morgan fingerprint density at radius 1 is 1.13 bits per heavy atom. The normalized spacial score (nSPS) is 10.9. The molecule has 0 unspecified atom stereocenters.